The number of nitrogens with one attached hydrogen (secondary N) is 1. The van der Waals surface area contributed by atoms with Gasteiger partial charge in [-0.2, -0.15) is 0 Å². The Morgan fingerprint density at radius 3 is 2.50 bits per heavy atom. The van der Waals surface area contributed by atoms with E-state index in [4.69, 9.17) is 4.74 Å². The second-order valence-electron chi connectivity index (χ2n) is 6.01. The maximum Gasteiger partial charge on any atom is 0.328 e. The first-order valence-corrected chi connectivity index (χ1v) is 8.41. The molecule has 0 bridgehead atoms. The molecule has 26 heavy (non-hydrogen) atoms. The summed E-state index contributed by atoms with van der Waals surface area (Å²) in [7, 11) is 1.31. The number of ether oxygens (including phenoxy) is 1. The van der Waals surface area contributed by atoms with Crippen molar-refractivity contribution in [3.63, 3.8) is 0 Å². The molecule has 1 heterocycles. The topological polar surface area (TPSA) is 68.3 Å². The van der Waals surface area contributed by atoms with Crippen LogP contribution in [0, 0.1) is 0 Å². The summed E-state index contributed by atoms with van der Waals surface area (Å²) in [6.07, 6.45) is 0.484. The number of carbonyl (C=O) groups is 2. The molecule has 0 fully saturated rings. The van der Waals surface area contributed by atoms with E-state index in [9.17, 15) is 9.59 Å². The van der Waals surface area contributed by atoms with Gasteiger partial charge in [-0.1, -0.05) is 54.6 Å². The van der Waals surface area contributed by atoms with E-state index < -0.39 is 12.0 Å². The molecule has 0 aliphatic heterocycles. The number of aromatic nitrogens is 1. The highest BCUT2D eigenvalue weighted by Gasteiger charge is 2.22. The highest BCUT2D eigenvalue weighted by molar-refractivity contribution is 5.86. The summed E-state index contributed by atoms with van der Waals surface area (Å²) in [5, 5.41) is 3.79. The van der Waals surface area contributed by atoms with Gasteiger partial charge in [-0.15, -0.1) is 0 Å². The molecule has 0 aliphatic carbocycles. The molecule has 5 nitrogen and oxygen atoms in total. The van der Waals surface area contributed by atoms with E-state index in [1.54, 1.807) is 0 Å². The summed E-state index contributed by atoms with van der Waals surface area (Å²) < 4.78 is 4.84. The number of hydrogen-bond donors (Lipinski definition) is 1. The van der Waals surface area contributed by atoms with Crippen LogP contribution in [0.3, 0.4) is 0 Å². The van der Waals surface area contributed by atoms with Gasteiger partial charge in [-0.3, -0.25) is 9.78 Å². The molecule has 2 aromatic carbocycles. The van der Waals surface area contributed by atoms with Crippen molar-refractivity contribution in [2.45, 2.75) is 18.9 Å². The number of pyridine rings is 1. The summed E-state index contributed by atoms with van der Waals surface area (Å²) in [5.41, 5.74) is 2.46. The zero-order valence-corrected chi connectivity index (χ0v) is 14.5. The number of nitrogens with zero attached hydrogens (tertiary/aromatic N) is 1. The monoisotopic (exact) mass is 348 g/mol. The molecule has 1 N–H and O–H groups in total. The molecular formula is C21H20N2O3. The van der Waals surface area contributed by atoms with Crippen LogP contribution < -0.4 is 5.32 Å². The number of hydrogen-bond acceptors (Lipinski definition) is 4. The smallest absolute Gasteiger partial charge is 0.328 e. The minimum absolute atomic E-state index is 0.208. The molecule has 1 atom stereocenters. The quantitative estimate of drug-likeness (QED) is 0.696. The minimum atomic E-state index is -0.773. The Morgan fingerprint density at radius 2 is 1.73 bits per heavy atom. The number of rotatable bonds is 6. The Bertz CT molecular complexity index is 909. The molecule has 0 saturated heterocycles. The van der Waals surface area contributed by atoms with E-state index in [0.29, 0.717) is 0 Å². The Kier molecular flexibility index (Phi) is 5.59. The van der Waals surface area contributed by atoms with Crippen molar-refractivity contribution in [3.8, 4) is 0 Å². The number of amides is 1. The van der Waals surface area contributed by atoms with Crippen LogP contribution in [0.15, 0.2) is 66.7 Å². The van der Waals surface area contributed by atoms with Crippen LogP contribution in [-0.4, -0.2) is 30.0 Å². The second-order valence-corrected chi connectivity index (χ2v) is 6.01. The van der Waals surface area contributed by atoms with Gasteiger partial charge in [0.25, 0.3) is 0 Å². The lowest BCUT2D eigenvalue weighted by atomic mass is 10.1. The molecule has 0 aliphatic rings. The summed E-state index contributed by atoms with van der Waals surface area (Å²) in [5.74, 6) is -0.714. The number of esters is 1. The van der Waals surface area contributed by atoms with Gasteiger partial charge in [0.2, 0.25) is 5.91 Å². The third-order valence-electron chi connectivity index (χ3n) is 4.10. The van der Waals surface area contributed by atoms with Gasteiger partial charge in [0.1, 0.15) is 6.04 Å². The first-order valence-electron chi connectivity index (χ1n) is 8.41. The van der Waals surface area contributed by atoms with Crippen molar-refractivity contribution in [2.24, 2.45) is 0 Å². The number of methoxy groups -OCH3 is 1. The van der Waals surface area contributed by atoms with Crippen molar-refractivity contribution in [2.75, 3.05) is 7.11 Å². The molecule has 5 heteroatoms. The van der Waals surface area contributed by atoms with Crippen LogP contribution >= 0.6 is 0 Å². The maximum absolute atomic E-state index is 12.3. The largest absolute Gasteiger partial charge is 0.467 e. The highest BCUT2D eigenvalue weighted by atomic mass is 16.5. The molecule has 132 valence electrons. The van der Waals surface area contributed by atoms with Gasteiger partial charge in [-0.25, -0.2) is 4.79 Å². The Balaban J connectivity index is 1.72. The van der Waals surface area contributed by atoms with Crippen LogP contribution in [0.4, 0.5) is 0 Å². The van der Waals surface area contributed by atoms with Gasteiger partial charge < -0.3 is 10.1 Å². The van der Waals surface area contributed by atoms with Crippen LogP contribution in [0.1, 0.15) is 11.3 Å². The molecule has 3 rings (SSSR count). The zero-order chi connectivity index (χ0) is 18.4. The van der Waals surface area contributed by atoms with Gasteiger partial charge >= 0.3 is 5.97 Å². The molecule has 3 aromatic rings. The normalized spacial score (nSPS) is 11.7. The fraction of sp³-hybridized carbons (Fsp3) is 0.190. The average Bonchev–Trinajstić information content (AvgIpc) is 2.67. The summed E-state index contributed by atoms with van der Waals surface area (Å²) in [4.78, 5) is 29.0. The Hall–Kier alpha value is -3.21. The summed E-state index contributed by atoms with van der Waals surface area (Å²) >= 11 is 0. The number of benzene rings is 2. The minimum Gasteiger partial charge on any atom is -0.467 e. The van der Waals surface area contributed by atoms with Crippen molar-refractivity contribution in [1.29, 1.82) is 0 Å². The van der Waals surface area contributed by atoms with Gasteiger partial charge in [-0.05, 0) is 17.7 Å². The van der Waals surface area contributed by atoms with Crippen LogP contribution in [0.5, 0.6) is 0 Å². The van der Waals surface area contributed by atoms with Gasteiger partial charge in [0, 0.05) is 17.5 Å². The first-order chi connectivity index (χ1) is 12.7. The number of para-hydroxylation sites is 1. The van der Waals surface area contributed by atoms with Gasteiger partial charge in [0.05, 0.1) is 19.0 Å². The predicted molar refractivity (Wildman–Crippen MR) is 99.5 cm³/mol. The lowest BCUT2D eigenvalue weighted by molar-refractivity contribution is -0.145. The molecule has 0 radical (unpaired) electrons. The van der Waals surface area contributed by atoms with Crippen molar-refractivity contribution >= 4 is 22.8 Å². The van der Waals surface area contributed by atoms with E-state index >= 15 is 0 Å². The van der Waals surface area contributed by atoms with E-state index in [1.807, 2.05) is 66.7 Å². The second kappa shape index (κ2) is 8.25. The fourth-order valence-corrected chi connectivity index (χ4v) is 2.79. The van der Waals surface area contributed by atoms with E-state index in [0.717, 1.165) is 22.2 Å². The molecule has 0 spiro atoms. The lowest BCUT2D eigenvalue weighted by Gasteiger charge is -2.16. The molecule has 1 aromatic heterocycles. The fourth-order valence-electron chi connectivity index (χ4n) is 2.79. The van der Waals surface area contributed by atoms with Crippen molar-refractivity contribution < 1.29 is 14.3 Å². The third-order valence-corrected chi connectivity index (χ3v) is 4.10. The Labute approximate surface area is 152 Å². The zero-order valence-electron chi connectivity index (χ0n) is 14.5. The van der Waals surface area contributed by atoms with Crippen LogP contribution in [-0.2, 0) is 27.2 Å². The SMILES string of the molecule is COC(=O)[C@H](Cc1ccc2ccccc2n1)NC(=O)Cc1ccccc1. The maximum atomic E-state index is 12.3. The van der Waals surface area contributed by atoms with E-state index in [-0.39, 0.29) is 18.7 Å². The highest BCUT2D eigenvalue weighted by Crippen LogP contribution is 2.13. The number of carbonyl (C=O) groups excluding carboxylic acids is 2. The molecule has 1 amide bonds. The van der Waals surface area contributed by atoms with Crippen molar-refractivity contribution in [3.05, 3.63) is 78.0 Å². The standard InChI is InChI=1S/C21H20N2O3/c1-26-21(25)19(23-20(24)13-15-7-3-2-4-8-15)14-17-12-11-16-9-5-6-10-18(16)22-17/h2-12,19H,13-14H2,1H3,(H,23,24)/t19-/m0/s1. The first kappa shape index (κ1) is 17.6. The summed E-state index contributed by atoms with van der Waals surface area (Å²) in [6.45, 7) is 0. The van der Waals surface area contributed by atoms with Crippen molar-refractivity contribution in [1.82, 2.24) is 10.3 Å². The molecule has 0 saturated carbocycles. The molecule has 0 unspecified atom stereocenters. The summed E-state index contributed by atoms with van der Waals surface area (Å²) in [6, 6.07) is 20.2. The van der Waals surface area contributed by atoms with E-state index in [1.165, 1.54) is 7.11 Å². The van der Waals surface area contributed by atoms with Crippen LogP contribution in [0.2, 0.25) is 0 Å². The third kappa shape index (κ3) is 4.45. The lowest BCUT2D eigenvalue weighted by Crippen LogP contribution is -2.43. The van der Waals surface area contributed by atoms with Gasteiger partial charge in [0.15, 0.2) is 0 Å². The van der Waals surface area contributed by atoms with Crippen LogP contribution in [0.25, 0.3) is 10.9 Å². The Morgan fingerprint density at radius 1 is 1.00 bits per heavy atom. The number of fused-ring (bicyclic) bond motifs is 1. The van der Waals surface area contributed by atoms with E-state index in [2.05, 4.69) is 10.3 Å². The molecular weight excluding hydrogens is 328 g/mol. The predicted octanol–water partition coefficient (Wildman–Crippen LogP) is 2.68. The average molecular weight is 348 g/mol.